The Labute approximate surface area is 238 Å². The summed E-state index contributed by atoms with van der Waals surface area (Å²) in [5.74, 6) is -0.264. The summed E-state index contributed by atoms with van der Waals surface area (Å²) in [7, 11) is 16.3. The van der Waals surface area contributed by atoms with Crippen LogP contribution in [0.25, 0.3) is 0 Å². The van der Waals surface area contributed by atoms with E-state index in [0.717, 1.165) is 33.9 Å². The molecular weight excluding hydrogens is 496 g/mol. The predicted molar refractivity (Wildman–Crippen MR) is 166 cm³/mol. The first-order valence-corrected chi connectivity index (χ1v) is 13.7. The van der Waals surface area contributed by atoms with Gasteiger partial charge in [-0.25, -0.2) is 4.79 Å². The van der Waals surface area contributed by atoms with Crippen molar-refractivity contribution >= 4 is 23.0 Å². The second-order valence-corrected chi connectivity index (χ2v) is 11.6. The third-order valence-electron chi connectivity index (χ3n) is 8.20. The zero-order valence-electron chi connectivity index (χ0n) is 24.9. The van der Waals surface area contributed by atoms with Gasteiger partial charge in [0.05, 0.1) is 5.56 Å². The number of cyclic esters (lactones) is 1. The first kappa shape index (κ1) is 27.4. The zero-order valence-corrected chi connectivity index (χ0v) is 24.9. The van der Waals surface area contributed by atoms with Crippen LogP contribution in [0.4, 0.5) is 17.1 Å². The van der Waals surface area contributed by atoms with Crippen molar-refractivity contribution in [2.45, 2.75) is 17.9 Å². The Morgan fingerprint density at radius 2 is 1.18 bits per heavy atom. The quantitative estimate of drug-likeness (QED) is 0.353. The maximum absolute atomic E-state index is 13.2. The van der Waals surface area contributed by atoms with Gasteiger partial charge in [-0.2, -0.15) is 0 Å². The fraction of sp³-hybridized carbons (Fsp3) is 0.324. The Bertz CT molecular complexity index is 1410. The first-order valence-electron chi connectivity index (χ1n) is 13.7. The third-order valence-corrected chi connectivity index (χ3v) is 8.20. The van der Waals surface area contributed by atoms with Crippen LogP contribution in [0.1, 0.15) is 39.6 Å². The number of likely N-dealkylation sites (N-methyl/N-ethyl adjacent to an activating group) is 1. The van der Waals surface area contributed by atoms with Gasteiger partial charge in [0.2, 0.25) is 0 Å². The van der Waals surface area contributed by atoms with Gasteiger partial charge in [0.1, 0.15) is 0 Å². The third kappa shape index (κ3) is 4.72. The summed E-state index contributed by atoms with van der Waals surface area (Å²) in [5.41, 5.74) is 9.03. The number of carbonyl (C=O) groups excluding carboxylic acids is 1. The van der Waals surface area contributed by atoms with E-state index in [-0.39, 0.29) is 5.97 Å². The van der Waals surface area contributed by atoms with Crippen molar-refractivity contribution in [3.8, 4) is 0 Å². The van der Waals surface area contributed by atoms with Crippen molar-refractivity contribution in [3.63, 3.8) is 0 Å². The SMILES string of the molecule is CN(C)C1=C(C2OC(=O)c3cc(N(C)C)ccc32)CC(c2ccc(N(C)C)cc2)(c2ccc(N(C)C)cc2)C=C1. The number of hydrogen-bond acceptors (Lipinski definition) is 6. The van der Waals surface area contributed by atoms with E-state index in [1.165, 1.54) is 11.1 Å². The molecule has 1 aliphatic heterocycles. The zero-order chi connectivity index (χ0) is 28.8. The normalized spacial score (nSPS) is 17.4. The molecule has 3 aromatic carbocycles. The topological polar surface area (TPSA) is 39.3 Å². The van der Waals surface area contributed by atoms with Gasteiger partial charge >= 0.3 is 5.97 Å². The van der Waals surface area contributed by atoms with E-state index in [0.29, 0.717) is 12.0 Å². The highest BCUT2D eigenvalue weighted by atomic mass is 16.5. The molecule has 0 radical (unpaired) electrons. The number of benzene rings is 3. The number of anilines is 3. The van der Waals surface area contributed by atoms with Crippen molar-refractivity contribution < 1.29 is 9.53 Å². The van der Waals surface area contributed by atoms with Crippen molar-refractivity contribution in [1.29, 1.82) is 0 Å². The minimum absolute atomic E-state index is 0.264. The number of nitrogens with zero attached hydrogens (tertiary/aromatic N) is 4. The molecule has 0 saturated carbocycles. The average Bonchev–Trinajstić information content (AvgIpc) is 3.28. The van der Waals surface area contributed by atoms with E-state index in [1.807, 2.05) is 25.1 Å². The van der Waals surface area contributed by atoms with Crippen LogP contribution in [0.15, 0.2) is 90.2 Å². The molecule has 3 aromatic rings. The van der Waals surface area contributed by atoms with E-state index in [9.17, 15) is 4.79 Å². The molecule has 1 heterocycles. The molecule has 0 aromatic heterocycles. The van der Waals surface area contributed by atoms with Crippen LogP contribution in [0.2, 0.25) is 0 Å². The van der Waals surface area contributed by atoms with Gasteiger partial charge < -0.3 is 24.3 Å². The van der Waals surface area contributed by atoms with E-state index in [4.69, 9.17) is 4.74 Å². The molecule has 5 rings (SSSR count). The highest BCUT2D eigenvalue weighted by molar-refractivity contribution is 5.95. The Morgan fingerprint density at radius 3 is 1.65 bits per heavy atom. The maximum Gasteiger partial charge on any atom is 0.339 e. The smallest absolute Gasteiger partial charge is 0.339 e. The van der Waals surface area contributed by atoms with Crippen LogP contribution in [0.5, 0.6) is 0 Å². The Morgan fingerprint density at radius 1 is 0.675 bits per heavy atom. The number of ether oxygens (including phenoxy) is 1. The molecule has 1 unspecified atom stereocenters. The molecule has 0 fully saturated rings. The number of hydrogen-bond donors (Lipinski definition) is 0. The number of esters is 1. The summed E-state index contributed by atoms with van der Waals surface area (Å²) in [6.45, 7) is 0. The molecular formula is C34H40N4O2. The summed E-state index contributed by atoms with van der Waals surface area (Å²) in [6, 6.07) is 23.7. The van der Waals surface area contributed by atoms with Crippen LogP contribution in [-0.4, -0.2) is 67.3 Å². The molecule has 40 heavy (non-hydrogen) atoms. The van der Waals surface area contributed by atoms with Gasteiger partial charge in [-0.3, -0.25) is 0 Å². The molecule has 0 bridgehead atoms. The standard InChI is InChI=1S/C34H40N4O2/c1-35(2)25-13-9-23(10-14-25)34(24-11-15-26(16-12-24)36(3)4)20-19-31(38(7)8)30(22-34)32-28-18-17-27(37(5)6)21-29(28)33(39)40-32/h9-21,32H,22H2,1-8H3. The van der Waals surface area contributed by atoms with Gasteiger partial charge in [0, 0.05) is 90.1 Å². The molecule has 6 heteroatoms. The second-order valence-electron chi connectivity index (χ2n) is 11.6. The highest BCUT2D eigenvalue weighted by Crippen LogP contribution is 2.50. The monoisotopic (exact) mass is 536 g/mol. The van der Waals surface area contributed by atoms with E-state index < -0.39 is 11.5 Å². The lowest BCUT2D eigenvalue weighted by atomic mass is 9.66. The summed E-state index contributed by atoms with van der Waals surface area (Å²) in [5, 5.41) is 0. The van der Waals surface area contributed by atoms with Crippen molar-refractivity contribution in [1.82, 2.24) is 4.90 Å². The highest BCUT2D eigenvalue weighted by Gasteiger charge is 2.43. The molecule has 208 valence electrons. The molecule has 0 N–H and O–H groups in total. The first-order chi connectivity index (χ1) is 19.0. The van der Waals surface area contributed by atoms with Crippen LogP contribution in [-0.2, 0) is 10.2 Å². The molecule has 0 saturated heterocycles. The van der Waals surface area contributed by atoms with Gasteiger partial charge in [0.25, 0.3) is 0 Å². The van der Waals surface area contributed by atoms with Crippen LogP contribution < -0.4 is 14.7 Å². The van der Waals surface area contributed by atoms with Gasteiger partial charge in [-0.15, -0.1) is 0 Å². The van der Waals surface area contributed by atoms with E-state index in [1.54, 1.807) is 0 Å². The van der Waals surface area contributed by atoms with Crippen molar-refractivity contribution in [2.75, 3.05) is 71.1 Å². The fourth-order valence-electron chi connectivity index (χ4n) is 5.84. The largest absolute Gasteiger partial charge is 0.449 e. The molecule has 0 spiro atoms. The van der Waals surface area contributed by atoms with Crippen molar-refractivity contribution in [2.24, 2.45) is 0 Å². The number of allylic oxidation sites excluding steroid dienone is 2. The summed E-state index contributed by atoms with van der Waals surface area (Å²) >= 11 is 0. The summed E-state index contributed by atoms with van der Waals surface area (Å²) in [6.07, 6.45) is 4.78. The average molecular weight is 537 g/mol. The molecule has 0 amide bonds. The second kappa shape index (κ2) is 10.4. The van der Waals surface area contributed by atoms with E-state index >= 15 is 0 Å². The lowest BCUT2D eigenvalue weighted by Crippen LogP contribution is -2.32. The molecule has 2 aliphatic rings. The Hall–Kier alpha value is -4.19. The molecule has 1 atom stereocenters. The van der Waals surface area contributed by atoms with Crippen molar-refractivity contribution in [3.05, 3.63) is 112 Å². The summed E-state index contributed by atoms with van der Waals surface area (Å²) < 4.78 is 6.16. The number of carbonyl (C=O) groups is 1. The summed E-state index contributed by atoms with van der Waals surface area (Å²) in [4.78, 5) is 21.5. The molecule has 6 nitrogen and oxygen atoms in total. The molecule has 1 aliphatic carbocycles. The van der Waals surface area contributed by atoms with Gasteiger partial charge in [-0.05, 0) is 65.6 Å². The predicted octanol–water partition coefficient (Wildman–Crippen LogP) is 5.86. The fourth-order valence-corrected chi connectivity index (χ4v) is 5.84. The van der Waals surface area contributed by atoms with Crippen LogP contribution in [0.3, 0.4) is 0 Å². The number of fused-ring (bicyclic) bond motifs is 1. The van der Waals surface area contributed by atoms with E-state index in [2.05, 4.69) is 130 Å². The Kier molecular flexibility index (Phi) is 7.13. The lowest BCUT2D eigenvalue weighted by molar-refractivity contribution is 0.0437. The minimum Gasteiger partial charge on any atom is -0.449 e. The van der Waals surface area contributed by atoms with Crippen LogP contribution in [0, 0.1) is 0 Å². The number of rotatable bonds is 7. The van der Waals surface area contributed by atoms with Gasteiger partial charge in [-0.1, -0.05) is 36.4 Å². The van der Waals surface area contributed by atoms with Crippen LogP contribution >= 0.6 is 0 Å². The minimum atomic E-state index is -0.442. The maximum atomic E-state index is 13.2. The van der Waals surface area contributed by atoms with Gasteiger partial charge in [0.15, 0.2) is 6.10 Å². The lowest BCUT2D eigenvalue weighted by Gasteiger charge is -2.39. The Balaban J connectivity index is 1.66.